The van der Waals surface area contributed by atoms with Crippen molar-refractivity contribution in [2.24, 2.45) is 11.5 Å². The number of phenols is 1. The third-order valence-corrected chi connectivity index (χ3v) is 16.1. The molecular formula is C59H83N13O15S2. The molecule has 2 heterocycles. The molecule has 0 radical (unpaired) electrons. The molecule has 12 atom stereocenters. The van der Waals surface area contributed by atoms with E-state index in [0.29, 0.717) is 29.5 Å². The third-order valence-electron chi connectivity index (χ3n) is 14.8. The smallest absolute Gasteiger partial charge is 0.245 e. The number of hydrogen-bond acceptors (Lipinski definition) is 19. The van der Waals surface area contributed by atoms with Gasteiger partial charge < -0.3 is 94.7 Å². The van der Waals surface area contributed by atoms with E-state index in [1.807, 2.05) is 18.2 Å². The molecule has 0 saturated carbocycles. The lowest BCUT2D eigenvalue weighted by Gasteiger charge is -2.33. The van der Waals surface area contributed by atoms with Crippen molar-refractivity contribution in [1.29, 1.82) is 0 Å². The zero-order valence-electron chi connectivity index (χ0n) is 49.7. The molecule has 0 unspecified atom stereocenters. The van der Waals surface area contributed by atoms with Crippen molar-refractivity contribution in [2.45, 2.75) is 131 Å². The van der Waals surface area contributed by atoms with E-state index in [0.717, 1.165) is 27.6 Å². The Kier molecular flexibility index (Phi) is 29.1. The molecule has 1 fully saturated rings. The van der Waals surface area contributed by atoms with E-state index in [-0.39, 0.29) is 61.7 Å². The van der Waals surface area contributed by atoms with Crippen LogP contribution in [0.2, 0.25) is 0 Å². The number of aliphatic hydroxyl groups excluding tert-OH is 4. The Labute approximate surface area is 524 Å². The van der Waals surface area contributed by atoms with E-state index in [1.54, 1.807) is 42.6 Å². The van der Waals surface area contributed by atoms with Gasteiger partial charge in [0.15, 0.2) is 0 Å². The minimum absolute atomic E-state index is 0.0199. The minimum atomic E-state index is -1.69. The molecule has 89 heavy (non-hydrogen) atoms. The highest BCUT2D eigenvalue weighted by molar-refractivity contribution is 7.99. The van der Waals surface area contributed by atoms with Gasteiger partial charge in [0.05, 0.1) is 37.2 Å². The van der Waals surface area contributed by atoms with Crippen LogP contribution in [0.4, 0.5) is 0 Å². The summed E-state index contributed by atoms with van der Waals surface area (Å²) in [6.07, 6.45) is -0.903. The summed E-state index contributed by atoms with van der Waals surface area (Å²) >= 11 is 5.07. The van der Waals surface area contributed by atoms with Crippen molar-refractivity contribution < 1.29 is 73.5 Å². The molecule has 0 aliphatic carbocycles. The maximum absolute atomic E-state index is 15.1. The lowest BCUT2D eigenvalue weighted by Crippen LogP contribution is -2.63. The van der Waals surface area contributed by atoms with Crippen LogP contribution in [0, 0.1) is 0 Å². The number of aromatic amines is 1. The van der Waals surface area contributed by atoms with Gasteiger partial charge in [-0.05, 0) is 86.7 Å². The molecule has 5 rings (SSSR count). The first-order chi connectivity index (χ1) is 42.5. The molecule has 486 valence electrons. The fourth-order valence-electron chi connectivity index (χ4n) is 9.52. The molecule has 10 amide bonds. The molecule has 28 nitrogen and oxygen atoms in total. The summed E-state index contributed by atoms with van der Waals surface area (Å²) in [5.74, 6) is -9.25. The van der Waals surface area contributed by atoms with Gasteiger partial charge in [-0.15, -0.1) is 0 Å². The zero-order valence-corrected chi connectivity index (χ0v) is 51.4. The number of nitrogens with two attached hydrogens (primary N) is 2. The van der Waals surface area contributed by atoms with Crippen molar-refractivity contribution in [3.63, 3.8) is 0 Å². The fourth-order valence-corrected chi connectivity index (χ4v) is 10.6. The summed E-state index contributed by atoms with van der Waals surface area (Å²) < 4.78 is 0. The second-order valence-corrected chi connectivity index (χ2v) is 23.1. The number of aromatic hydroxyl groups is 1. The van der Waals surface area contributed by atoms with Crippen molar-refractivity contribution in [2.75, 3.05) is 50.6 Å². The van der Waals surface area contributed by atoms with Crippen LogP contribution in [0.3, 0.4) is 0 Å². The molecule has 3 aromatic carbocycles. The lowest BCUT2D eigenvalue weighted by molar-refractivity contribution is -0.143. The highest BCUT2D eigenvalue weighted by Gasteiger charge is 2.39. The molecule has 1 aliphatic heterocycles. The van der Waals surface area contributed by atoms with Crippen LogP contribution in [0.15, 0.2) is 85.1 Å². The number of hydrogen-bond donors (Lipinski definition) is 18. The predicted molar refractivity (Wildman–Crippen MR) is 333 cm³/mol. The minimum Gasteiger partial charge on any atom is -0.508 e. The van der Waals surface area contributed by atoms with Crippen LogP contribution in [0.25, 0.3) is 10.9 Å². The number of unbranched alkanes of at least 4 members (excludes halogenated alkanes) is 1. The Hall–Kier alpha value is -7.84. The number of nitrogens with zero attached hydrogens (tertiary/aromatic N) is 1. The number of aliphatic hydroxyl groups is 4. The van der Waals surface area contributed by atoms with Gasteiger partial charge in [0.2, 0.25) is 59.1 Å². The van der Waals surface area contributed by atoms with E-state index in [9.17, 15) is 63.9 Å². The van der Waals surface area contributed by atoms with Crippen LogP contribution >= 0.6 is 24.4 Å². The van der Waals surface area contributed by atoms with Gasteiger partial charge in [-0.2, -0.15) is 24.4 Å². The summed E-state index contributed by atoms with van der Waals surface area (Å²) in [6, 6.07) is 7.32. The average molecular weight is 1280 g/mol. The van der Waals surface area contributed by atoms with Crippen LogP contribution in [0.1, 0.15) is 56.2 Å². The standard InChI is InChI=1S/C59H83N13O15S2/c1-32(75)45(28-73)68-56(84)47(30-88)70-55(83)46(29-74)69-51(79)39(61)27-63-49(78)31-89-22-20-48-57(85)66-42(23-35-16-18-37(77)19-17-35)53(81)65-43(25-36-26-62-40-14-8-7-13-38(36)40)54(82)64-41(15-9-10-21-60)52(80)71-50(33(2)76)58(86)67-44(59(87)72(48)3)24-34-11-5-4-6-12-34/h4-8,11-14,16-19,26,32-33,39,41-48,50,62,73-77,88H,9-10,15,20-25,27-31,60-61H2,1-3H3,(H,63,78)(H,64,82)(H,65,81)(H,66,85)(H,67,86)(H,68,84)(H,69,79)(H,70,83)(H,71,80)/t32-,33-,39+,41+,42+,43+,44+,45-,46+,47+,48-,50+/m1/s1. The largest absolute Gasteiger partial charge is 0.508 e. The Bertz CT molecular complexity index is 3030. The highest BCUT2D eigenvalue weighted by Crippen LogP contribution is 2.21. The number of phenolic OH excluding ortho intramolecular Hbond substituents is 1. The second-order valence-electron chi connectivity index (χ2n) is 21.6. The number of para-hydroxylation sites is 1. The molecule has 1 saturated heterocycles. The molecule has 0 bridgehead atoms. The number of carbonyl (C=O) groups excluding carboxylic acids is 10. The fraction of sp³-hybridized carbons (Fsp3) is 0.492. The molecule has 19 N–H and O–H groups in total. The van der Waals surface area contributed by atoms with Gasteiger partial charge >= 0.3 is 0 Å². The Morgan fingerprint density at radius 2 is 1.26 bits per heavy atom. The van der Waals surface area contributed by atoms with Crippen molar-refractivity contribution in [3.05, 3.63) is 102 Å². The van der Waals surface area contributed by atoms with Crippen LogP contribution in [0.5, 0.6) is 5.75 Å². The molecule has 4 aromatic rings. The summed E-state index contributed by atoms with van der Waals surface area (Å²) in [5.41, 5.74) is 14.2. The Morgan fingerprint density at radius 1 is 0.674 bits per heavy atom. The number of nitrogens with one attached hydrogen (secondary N) is 10. The predicted octanol–water partition coefficient (Wildman–Crippen LogP) is -4.01. The number of carbonyl (C=O) groups is 10. The molecule has 30 heteroatoms. The molecule has 1 aromatic heterocycles. The van der Waals surface area contributed by atoms with E-state index in [1.165, 1.54) is 45.2 Å². The number of amides is 10. The SMILES string of the molecule is C[C@@H](O)[C@@H]1NC(=O)[C@H](CCCCN)NC(=O)[C@H](Cc2c[nH]c3ccccc23)NC(=O)[C@H](Cc2ccc(O)cc2)NC(=O)[C@@H](CCSCC(=O)NC[C@H](N)C(=O)N[C@@H](CO)C(=O)N[C@@H](CS)C(=O)N[C@H](CO)[C@@H](C)O)N(C)C(=O)[C@H](Cc2ccccc2)NC1=O. The Morgan fingerprint density at radius 3 is 1.90 bits per heavy atom. The Balaban J connectivity index is 1.43. The van der Waals surface area contributed by atoms with E-state index < -0.39 is 151 Å². The number of likely N-dealkylation sites (N-methyl/N-ethyl adjacent to an activating group) is 1. The van der Waals surface area contributed by atoms with Crippen molar-refractivity contribution in [3.8, 4) is 5.75 Å². The zero-order chi connectivity index (χ0) is 65.3. The maximum Gasteiger partial charge on any atom is 0.245 e. The second kappa shape index (κ2) is 36.0. The first-order valence-corrected chi connectivity index (χ1v) is 30.8. The van der Waals surface area contributed by atoms with Crippen molar-refractivity contribution >= 4 is 94.4 Å². The van der Waals surface area contributed by atoms with Crippen molar-refractivity contribution in [1.82, 2.24) is 57.7 Å². The average Bonchev–Trinajstić information content (AvgIpc) is 3.55. The topological polar surface area (TPSA) is 451 Å². The molecular weight excluding hydrogens is 1190 g/mol. The number of benzene rings is 3. The molecule has 0 spiro atoms. The first-order valence-electron chi connectivity index (χ1n) is 29.0. The number of thiol groups is 1. The van der Waals surface area contributed by atoms with Gasteiger partial charge in [-0.25, -0.2) is 0 Å². The normalized spacial score (nSPS) is 21.0. The van der Waals surface area contributed by atoms with Crippen LogP contribution < -0.4 is 59.3 Å². The third kappa shape index (κ3) is 22.0. The highest BCUT2D eigenvalue weighted by atomic mass is 32.2. The number of thioether (sulfide) groups is 1. The quantitative estimate of drug-likeness (QED) is 0.0190. The van der Waals surface area contributed by atoms with Gasteiger partial charge in [-0.3, -0.25) is 47.9 Å². The van der Waals surface area contributed by atoms with E-state index >= 15 is 9.59 Å². The van der Waals surface area contributed by atoms with Crippen LogP contribution in [-0.4, -0.2) is 218 Å². The van der Waals surface area contributed by atoms with Gasteiger partial charge in [0, 0.05) is 55.7 Å². The summed E-state index contributed by atoms with van der Waals surface area (Å²) in [4.78, 5) is 145. The van der Waals surface area contributed by atoms with Gasteiger partial charge in [-0.1, -0.05) is 60.7 Å². The van der Waals surface area contributed by atoms with Gasteiger partial charge in [0.1, 0.15) is 60.1 Å². The first kappa shape index (κ1) is 71.9. The number of rotatable bonds is 28. The van der Waals surface area contributed by atoms with Crippen LogP contribution in [-0.2, 0) is 67.2 Å². The maximum atomic E-state index is 15.1. The summed E-state index contributed by atoms with van der Waals surface area (Å²) in [5, 5.41) is 74.2. The van der Waals surface area contributed by atoms with Gasteiger partial charge in [0.25, 0.3) is 0 Å². The summed E-state index contributed by atoms with van der Waals surface area (Å²) in [6.45, 7) is 0.838. The monoisotopic (exact) mass is 1280 g/mol. The number of fused-ring (bicyclic) bond motifs is 1. The lowest BCUT2D eigenvalue weighted by atomic mass is 10.00. The summed E-state index contributed by atoms with van der Waals surface area (Å²) in [7, 11) is 1.31. The van der Waals surface area contributed by atoms with E-state index in [2.05, 4.69) is 65.5 Å². The number of aromatic nitrogens is 1. The molecule has 1 aliphatic rings. The van der Waals surface area contributed by atoms with E-state index in [4.69, 9.17) is 11.5 Å². The number of H-pyrrole nitrogens is 1.